The van der Waals surface area contributed by atoms with E-state index in [1.165, 1.54) is 66.2 Å². The van der Waals surface area contributed by atoms with Crippen LogP contribution in [0.5, 0.6) is 0 Å². The molecule has 0 saturated carbocycles. The van der Waals surface area contributed by atoms with Gasteiger partial charge in [0.15, 0.2) is 0 Å². The molecule has 0 amide bonds. The van der Waals surface area contributed by atoms with Gasteiger partial charge < -0.3 is 5.32 Å². The Morgan fingerprint density at radius 3 is 2.40 bits per heavy atom. The van der Waals surface area contributed by atoms with Crippen LogP contribution in [-0.2, 0) is 6.42 Å². The van der Waals surface area contributed by atoms with Crippen molar-refractivity contribution < 1.29 is 0 Å². The Balaban J connectivity index is 1.61. The predicted octanol–water partition coefficient (Wildman–Crippen LogP) is 10.9. The number of hydrogen-bond acceptors (Lipinski definition) is 2. The Kier molecular flexibility index (Phi) is 7.96. The normalized spacial score (nSPS) is 15.2. The van der Waals surface area contributed by atoms with Crippen LogP contribution in [0.25, 0.3) is 38.2 Å². The molecule has 6 rings (SSSR count). The molecule has 42 heavy (non-hydrogen) atoms. The lowest BCUT2D eigenvalue weighted by atomic mass is 9.78. The van der Waals surface area contributed by atoms with E-state index in [0.29, 0.717) is 0 Å². The maximum Gasteiger partial charge on any atom is 0.0782 e. The topological polar surface area (TPSA) is 24.4 Å². The summed E-state index contributed by atoms with van der Waals surface area (Å²) in [5, 5.41) is 9.10. The third-order valence-electron chi connectivity index (χ3n) is 8.14. The zero-order chi connectivity index (χ0) is 28.9. The second kappa shape index (κ2) is 12.3. The number of nitrogens with one attached hydrogen (secondary N) is 1. The molecule has 1 atom stereocenters. The Labute approximate surface area is 249 Å². The van der Waals surface area contributed by atoms with Gasteiger partial charge in [0.25, 0.3) is 0 Å². The first-order valence-electron chi connectivity index (χ1n) is 14.8. The van der Waals surface area contributed by atoms with E-state index in [-0.39, 0.29) is 6.04 Å². The van der Waals surface area contributed by atoms with E-state index < -0.39 is 0 Å². The smallest absolute Gasteiger partial charge is 0.0782 e. The van der Waals surface area contributed by atoms with Gasteiger partial charge in [-0.25, -0.2) is 0 Å². The van der Waals surface area contributed by atoms with Crippen molar-refractivity contribution in [2.75, 3.05) is 5.32 Å². The number of fused-ring (bicyclic) bond motifs is 6. The van der Waals surface area contributed by atoms with E-state index in [4.69, 9.17) is 0 Å². The largest absolute Gasteiger partial charge is 0.374 e. The molecule has 5 aromatic carbocycles. The summed E-state index contributed by atoms with van der Waals surface area (Å²) in [5.41, 5.74) is 10.3. The van der Waals surface area contributed by atoms with Gasteiger partial charge >= 0.3 is 0 Å². The van der Waals surface area contributed by atoms with Gasteiger partial charge in [0, 0.05) is 23.7 Å². The summed E-state index contributed by atoms with van der Waals surface area (Å²) in [5.74, 6) is 0. The minimum absolute atomic E-state index is 0.0201. The van der Waals surface area contributed by atoms with Crippen molar-refractivity contribution >= 4 is 39.0 Å². The van der Waals surface area contributed by atoms with Crippen molar-refractivity contribution in [3.8, 4) is 11.1 Å². The molecule has 1 N–H and O–H groups in total. The fourth-order valence-electron chi connectivity index (χ4n) is 6.28. The Hall–Kier alpha value is -4.95. The zero-order valence-corrected chi connectivity index (χ0v) is 24.3. The van der Waals surface area contributed by atoms with Gasteiger partial charge in [-0.3, -0.25) is 4.99 Å². The van der Waals surface area contributed by atoms with Crippen LogP contribution in [0.2, 0.25) is 0 Å². The molecule has 1 heterocycles. The number of hydrogen-bond donors (Lipinski definition) is 1. The molecule has 0 spiro atoms. The van der Waals surface area contributed by atoms with Crippen LogP contribution in [0.4, 0.5) is 5.69 Å². The molecule has 1 aliphatic rings. The first-order valence-corrected chi connectivity index (χ1v) is 14.8. The van der Waals surface area contributed by atoms with Crippen molar-refractivity contribution in [1.82, 2.24) is 0 Å². The van der Waals surface area contributed by atoms with Gasteiger partial charge in [-0.2, -0.15) is 0 Å². The van der Waals surface area contributed by atoms with Crippen molar-refractivity contribution in [3.05, 3.63) is 156 Å². The molecular weight excluding hydrogens is 508 g/mol. The number of allylic oxidation sites excluding steroid dienone is 5. The van der Waals surface area contributed by atoms with Crippen LogP contribution in [0.1, 0.15) is 43.0 Å². The lowest BCUT2D eigenvalue weighted by Gasteiger charge is -2.34. The Morgan fingerprint density at radius 1 is 0.881 bits per heavy atom. The molecule has 0 fully saturated rings. The summed E-state index contributed by atoms with van der Waals surface area (Å²) in [6.07, 6.45) is 13.6. The van der Waals surface area contributed by atoms with Crippen molar-refractivity contribution in [2.24, 2.45) is 4.99 Å². The van der Waals surface area contributed by atoms with Gasteiger partial charge in [0.05, 0.1) is 6.04 Å². The van der Waals surface area contributed by atoms with E-state index >= 15 is 0 Å². The zero-order valence-electron chi connectivity index (χ0n) is 24.3. The number of anilines is 1. The quantitative estimate of drug-likeness (QED) is 0.152. The van der Waals surface area contributed by atoms with Crippen LogP contribution in [0.15, 0.2) is 145 Å². The SMILES string of the molecule is C=C/C=N\C=C\Cc1ccccc1/C(=C(/C=C\C)CC)C1Nc2cc3ccccc3cc2-c2c1ccc1ccccc21. The Bertz CT molecular complexity index is 1900. The first kappa shape index (κ1) is 27.2. The maximum absolute atomic E-state index is 4.30. The maximum atomic E-state index is 4.30. The molecule has 0 bridgehead atoms. The molecule has 0 radical (unpaired) electrons. The van der Waals surface area contributed by atoms with Gasteiger partial charge in [-0.05, 0) is 86.8 Å². The summed E-state index contributed by atoms with van der Waals surface area (Å²) in [7, 11) is 0. The summed E-state index contributed by atoms with van der Waals surface area (Å²) >= 11 is 0. The van der Waals surface area contributed by atoms with Crippen LogP contribution >= 0.6 is 0 Å². The highest BCUT2D eigenvalue weighted by atomic mass is 14.9. The number of rotatable bonds is 8. The van der Waals surface area contributed by atoms with E-state index in [1.54, 1.807) is 12.3 Å². The average molecular weight is 545 g/mol. The molecule has 0 aromatic heterocycles. The number of benzene rings is 5. The molecule has 2 heteroatoms. The van der Waals surface area contributed by atoms with E-state index in [1.807, 2.05) is 6.20 Å². The van der Waals surface area contributed by atoms with E-state index in [9.17, 15) is 0 Å². The van der Waals surface area contributed by atoms with E-state index in [2.05, 4.69) is 146 Å². The Morgan fingerprint density at radius 2 is 1.62 bits per heavy atom. The van der Waals surface area contributed by atoms with Gasteiger partial charge in [-0.1, -0.05) is 123 Å². The molecule has 0 aliphatic carbocycles. The average Bonchev–Trinajstić information content (AvgIpc) is 3.03. The second-order valence-corrected chi connectivity index (χ2v) is 10.6. The second-order valence-electron chi connectivity index (χ2n) is 10.6. The third kappa shape index (κ3) is 5.12. The molecule has 206 valence electrons. The molecule has 5 aromatic rings. The number of aliphatic imine (C=N–C) groups is 1. The summed E-state index contributed by atoms with van der Waals surface area (Å²) in [6.45, 7) is 8.08. The summed E-state index contributed by atoms with van der Waals surface area (Å²) in [4.78, 5) is 4.30. The lowest BCUT2D eigenvalue weighted by Crippen LogP contribution is -2.20. The highest BCUT2D eigenvalue weighted by Crippen LogP contribution is 2.50. The fraction of sp³-hybridized carbons (Fsp3) is 0.125. The van der Waals surface area contributed by atoms with Crippen molar-refractivity contribution in [3.63, 3.8) is 0 Å². The monoisotopic (exact) mass is 544 g/mol. The van der Waals surface area contributed by atoms with Gasteiger partial charge in [-0.15, -0.1) is 0 Å². The molecule has 1 unspecified atom stereocenters. The standard InChI is InChI=1S/C40H36N2/c1-4-14-28(6-3)38(33-20-11-9-15-29(33)19-13-25-41-24-5-2)40-35-23-22-30-16-10-12-21-34(30)39(35)36-26-31-17-7-8-18-32(31)27-37(36)42-40/h4-5,7-18,20-27,40,42H,2,6,19H2,1,3H3/b14-4-,25-13+,38-28-,41-24-. The van der Waals surface area contributed by atoms with E-state index in [0.717, 1.165) is 12.8 Å². The minimum atomic E-state index is -0.0201. The first-order chi connectivity index (χ1) is 20.7. The third-order valence-corrected chi connectivity index (χ3v) is 8.14. The van der Waals surface area contributed by atoms with Crippen LogP contribution in [0, 0.1) is 0 Å². The van der Waals surface area contributed by atoms with Crippen LogP contribution < -0.4 is 5.32 Å². The molecule has 0 saturated heterocycles. The van der Waals surface area contributed by atoms with Crippen LogP contribution in [-0.4, -0.2) is 6.21 Å². The number of nitrogens with zero attached hydrogens (tertiary/aromatic N) is 1. The van der Waals surface area contributed by atoms with Gasteiger partial charge in [0.2, 0.25) is 0 Å². The highest BCUT2D eigenvalue weighted by Gasteiger charge is 2.31. The highest BCUT2D eigenvalue weighted by molar-refractivity contribution is 6.07. The summed E-state index contributed by atoms with van der Waals surface area (Å²) < 4.78 is 0. The molecule has 1 aliphatic heterocycles. The molecular formula is C40H36N2. The molecule has 2 nitrogen and oxygen atoms in total. The van der Waals surface area contributed by atoms with Crippen molar-refractivity contribution in [1.29, 1.82) is 0 Å². The fourth-order valence-corrected chi connectivity index (χ4v) is 6.28. The van der Waals surface area contributed by atoms with Gasteiger partial charge in [0.1, 0.15) is 0 Å². The predicted molar refractivity (Wildman–Crippen MR) is 183 cm³/mol. The summed E-state index contributed by atoms with van der Waals surface area (Å²) in [6, 6.07) is 35.5. The lowest BCUT2D eigenvalue weighted by molar-refractivity contribution is 0.970. The van der Waals surface area contributed by atoms with Crippen LogP contribution in [0.3, 0.4) is 0 Å². The van der Waals surface area contributed by atoms with Crippen molar-refractivity contribution in [2.45, 2.75) is 32.7 Å². The minimum Gasteiger partial charge on any atom is -0.374 e.